The number of esters is 2. The normalized spacial score (nSPS) is 28.3. The van der Waals surface area contributed by atoms with Crippen molar-refractivity contribution in [1.82, 2.24) is 9.80 Å². The Morgan fingerprint density at radius 2 is 1.47 bits per heavy atom. The summed E-state index contributed by atoms with van der Waals surface area (Å²) in [5.41, 5.74) is -0.661. The number of piperidine rings is 1. The summed E-state index contributed by atoms with van der Waals surface area (Å²) < 4.78 is 31.8. The summed E-state index contributed by atoms with van der Waals surface area (Å²) >= 11 is 0. The van der Waals surface area contributed by atoms with Crippen molar-refractivity contribution in [3.63, 3.8) is 0 Å². The number of hydrogen-bond donors (Lipinski definition) is 0. The molecule has 0 amide bonds. The van der Waals surface area contributed by atoms with Crippen molar-refractivity contribution in [2.45, 2.75) is 103 Å². The van der Waals surface area contributed by atoms with Gasteiger partial charge in [-0.25, -0.2) is 9.18 Å². The molecule has 0 bridgehead atoms. The molecule has 2 saturated heterocycles. The van der Waals surface area contributed by atoms with E-state index in [2.05, 4.69) is 4.90 Å². The first kappa shape index (κ1) is 25.4. The first-order valence-corrected chi connectivity index (χ1v) is 12.4. The lowest BCUT2D eigenvalue weighted by Crippen LogP contribution is -2.70. The van der Waals surface area contributed by atoms with Gasteiger partial charge in [0.1, 0.15) is 11.8 Å². The second-order valence-corrected chi connectivity index (χ2v) is 10.3. The molecule has 2 aliphatic heterocycles. The largest absolute Gasteiger partial charge is 0.466 e. The molecule has 1 unspecified atom stereocenters. The Bertz CT molecular complexity index is 633. The predicted molar refractivity (Wildman–Crippen MR) is 119 cm³/mol. The summed E-state index contributed by atoms with van der Waals surface area (Å²) in [7, 11) is 0. The Labute approximate surface area is 191 Å². The molecule has 32 heavy (non-hydrogen) atoms. The molecule has 1 aliphatic carbocycles. The van der Waals surface area contributed by atoms with Crippen LogP contribution < -0.4 is 0 Å². The van der Waals surface area contributed by atoms with Crippen molar-refractivity contribution in [2.24, 2.45) is 5.92 Å². The van der Waals surface area contributed by atoms with Gasteiger partial charge in [-0.15, -0.1) is 0 Å². The third-order valence-electron chi connectivity index (χ3n) is 6.68. The maximum Gasteiger partial charge on any atom is 0.371 e. The number of carbonyl (C=O) groups excluding carboxylic acids is 2. The lowest BCUT2D eigenvalue weighted by Gasteiger charge is -2.50. The lowest BCUT2D eigenvalue weighted by atomic mass is 9.87. The van der Waals surface area contributed by atoms with Gasteiger partial charge in [-0.3, -0.25) is 14.6 Å². The highest BCUT2D eigenvalue weighted by Gasteiger charge is 2.55. The molecule has 0 radical (unpaired) electrons. The number of alkyl halides is 1. The first-order chi connectivity index (χ1) is 15.2. The van der Waals surface area contributed by atoms with Gasteiger partial charge >= 0.3 is 11.9 Å². The van der Waals surface area contributed by atoms with Crippen molar-refractivity contribution in [2.75, 3.05) is 32.8 Å². The summed E-state index contributed by atoms with van der Waals surface area (Å²) in [5, 5.41) is 0. The molecule has 3 rings (SSSR count). The van der Waals surface area contributed by atoms with Crippen LogP contribution in [-0.2, 0) is 23.8 Å². The van der Waals surface area contributed by atoms with E-state index in [1.54, 1.807) is 0 Å². The second kappa shape index (κ2) is 10.8. The zero-order chi connectivity index (χ0) is 23.4. The van der Waals surface area contributed by atoms with Gasteiger partial charge < -0.3 is 14.2 Å². The third kappa shape index (κ3) is 6.00. The van der Waals surface area contributed by atoms with Gasteiger partial charge in [-0.05, 0) is 79.1 Å². The highest BCUT2D eigenvalue weighted by molar-refractivity contribution is 5.79. The Hall–Kier alpha value is -1.25. The van der Waals surface area contributed by atoms with Crippen LogP contribution in [-0.4, -0.2) is 78.2 Å². The van der Waals surface area contributed by atoms with Crippen molar-refractivity contribution in [1.29, 1.82) is 0 Å². The summed E-state index contributed by atoms with van der Waals surface area (Å²) in [6.07, 6.45) is 4.46. The van der Waals surface area contributed by atoms with E-state index in [0.717, 1.165) is 25.9 Å². The minimum atomic E-state index is -1.34. The van der Waals surface area contributed by atoms with Gasteiger partial charge in [-0.1, -0.05) is 0 Å². The topological polar surface area (TPSA) is 68.3 Å². The molecule has 8 heteroatoms. The maximum atomic E-state index is 14.0. The van der Waals surface area contributed by atoms with E-state index in [4.69, 9.17) is 14.2 Å². The number of likely N-dealkylation sites (tertiary alicyclic amines) is 2. The monoisotopic (exact) mass is 456 g/mol. The number of halogens is 1. The minimum absolute atomic E-state index is 0.111. The van der Waals surface area contributed by atoms with E-state index in [0.29, 0.717) is 58.2 Å². The fraction of sp³-hybridized carbons (Fsp3) is 0.917. The zero-order valence-electron chi connectivity index (χ0n) is 20.2. The van der Waals surface area contributed by atoms with Gasteiger partial charge in [-0.2, -0.15) is 0 Å². The molecule has 1 saturated carbocycles. The number of ether oxygens (including phenoxy) is 3. The summed E-state index contributed by atoms with van der Waals surface area (Å²) in [4.78, 5) is 30.0. The van der Waals surface area contributed by atoms with E-state index >= 15 is 0 Å². The molecule has 0 spiro atoms. The van der Waals surface area contributed by atoms with Crippen LogP contribution in [0.4, 0.5) is 4.39 Å². The molecule has 2 heterocycles. The quantitative estimate of drug-likeness (QED) is 0.542. The highest BCUT2D eigenvalue weighted by Crippen LogP contribution is 2.37. The average molecular weight is 457 g/mol. The minimum Gasteiger partial charge on any atom is -0.466 e. The van der Waals surface area contributed by atoms with Gasteiger partial charge in [0, 0.05) is 26.2 Å². The van der Waals surface area contributed by atoms with Crippen molar-refractivity contribution in [3.05, 3.63) is 0 Å². The Morgan fingerprint density at radius 1 is 0.906 bits per heavy atom. The Morgan fingerprint density at radius 3 is 2.00 bits per heavy atom. The molecular formula is C24H41FN2O5. The van der Waals surface area contributed by atoms with Gasteiger partial charge in [0.05, 0.1) is 18.6 Å². The first-order valence-electron chi connectivity index (χ1n) is 12.4. The maximum absolute atomic E-state index is 14.0. The molecular weight excluding hydrogens is 415 g/mol. The third-order valence-corrected chi connectivity index (χ3v) is 6.68. The highest BCUT2D eigenvalue weighted by atomic mass is 19.1. The van der Waals surface area contributed by atoms with Gasteiger partial charge in [0.25, 0.3) is 5.85 Å². The van der Waals surface area contributed by atoms with Gasteiger partial charge in [0.2, 0.25) is 0 Å². The molecule has 3 aliphatic rings. The van der Waals surface area contributed by atoms with Crippen LogP contribution in [0.1, 0.15) is 79.1 Å². The fourth-order valence-corrected chi connectivity index (χ4v) is 5.08. The van der Waals surface area contributed by atoms with E-state index in [9.17, 15) is 14.0 Å². The smallest absolute Gasteiger partial charge is 0.371 e. The van der Waals surface area contributed by atoms with Crippen LogP contribution >= 0.6 is 0 Å². The number of hydrogen-bond acceptors (Lipinski definition) is 7. The van der Waals surface area contributed by atoms with Crippen LogP contribution in [0, 0.1) is 5.92 Å². The molecule has 1 atom stereocenters. The van der Waals surface area contributed by atoms with Crippen LogP contribution in [0.15, 0.2) is 0 Å². The summed E-state index contributed by atoms with van der Waals surface area (Å²) in [6.45, 7) is 10.2. The number of carbonyl (C=O) groups is 2. The van der Waals surface area contributed by atoms with Crippen LogP contribution in [0.25, 0.3) is 0 Å². The van der Waals surface area contributed by atoms with Crippen LogP contribution in [0.2, 0.25) is 0 Å². The molecule has 0 aromatic carbocycles. The summed E-state index contributed by atoms with van der Waals surface area (Å²) in [6, 6.07) is 0. The predicted octanol–water partition coefficient (Wildman–Crippen LogP) is 3.65. The lowest BCUT2D eigenvalue weighted by molar-refractivity contribution is -0.281. The average Bonchev–Trinajstić information content (AvgIpc) is 3.27. The van der Waals surface area contributed by atoms with Crippen molar-refractivity contribution >= 4 is 11.9 Å². The molecule has 7 nitrogen and oxygen atoms in total. The number of rotatable bonds is 7. The Kier molecular flexibility index (Phi) is 8.55. The standard InChI is InChI=1S/C24H41FN2O5/c1-5-30-21(28)18-8-10-20(11-9-18)31-24(26-14-6-7-15-26,22(29)32-23(2,3)4)27-16-12-19(25)13-17-27/h18-20H,5-17H2,1-4H3/t18-,20-,24?. The van der Waals surface area contributed by atoms with E-state index < -0.39 is 23.6 Å². The second-order valence-electron chi connectivity index (χ2n) is 10.3. The van der Waals surface area contributed by atoms with Gasteiger partial charge in [0.15, 0.2) is 0 Å². The SMILES string of the molecule is CCOC(=O)[C@H]1CC[C@H](OC(C(=O)OC(C)(C)C)(N2CCCC2)N2CCC(F)CC2)CC1. The fourth-order valence-electron chi connectivity index (χ4n) is 5.08. The molecule has 0 aromatic heterocycles. The van der Waals surface area contributed by atoms with Crippen LogP contribution in [0.3, 0.4) is 0 Å². The van der Waals surface area contributed by atoms with E-state index in [1.807, 2.05) is 32.6 Å². The van der Waals surface area contributed by atoms with Crippen molar-refractivity contribution in [3.8, 4) is 0 Å². The van der Waals surface area contributed by atoms with Crippen LogP contribution in [0.5, 0.6) is 0 Å². The van der Waals surface area contributed by atoms with E-state index in [1.165, 1.54) is 0 Å². The molecule has 0 N–H and O–H groups in total. The zero-order valence-corrected chi connectivity index (χ0v) is 20.2. The van der Waals surface area contributed by atoms with Crippen molar-refractivity contribution < 1.29 is 28.2 Å². The molecule has 184 valence electrons. The molecule has 3 fully saturated rings. The van der Waals surface area contributed by atoms with E-state index in [-0.39, 0.29) is 18.0 Å². The Balaban J connectivity index is 1.83. The summed E-state index contributed by atoms with van der Waals surface area (Å²) in [5.74, 6) is -2.00. The number of nitrogens with zero attached hydrogens (tertiary/aromatic N) is 2. The molecule has 0 aromatic rings.